The lowest BCUT2D eigenvalue weighted by Crippen LogP contribution is -2.35. The summed E-state index contributed by atoms with van der Waals surface area (Å²) in [6.45, 7) is 1.78. The van der Waals surface area contributed by atoms with Gasteiger partial charge in [-0.3, -0.25) is 0 Å². The molecular weight excluding hydrogens is 237 g/mol. The van der Waals surface area contributed by atoms with Gasteiger partial charge in [-0.1, -0.05) is 6.07 Å². The van der Waals surface area contributed by atoms with Gasteiger partial charge in [0.1, 0.15) is 13.3 Å². The lowest BCUT2D eigenvalue weighted by Gasteiger charge is -2.30. The van der Waals surface area contributed by atoms with Crippen LogP contribution in [0.2, 0.25) is 0 Å². The Balaban J connectivity index is 2.07. The van der Waals surface area contributed by atoms with Crippen LogP contribution in [0.4, 0.5) is 4.39 Å². The number of morpholine rings is 1. The number of aromatic hydroxyl groups is 1. The molecular formula is C13H18FNO3. The van der Waals surface area contributed by atoms with Gasteiger partial charge in [0.2, 0.25) is 0 Å². The van der Waals surface area contributed by atoms with Gasteiger partial charge >= 0.3 is 0 Å². The first-order valence-corrected chi connectivity index (χ1v) is 6.02. The Morgan fingerprint density at radius 2 is 2.39 bits per heavy atom. The molecule has 0 saturated carbocycles. The molecule has 18 heavy (non-hydrogen) atoms. The zero-order valence-electron chi connectivity index (χ0n) is 10.4. The molecule has 2 rings (SSSR count). The molecule has 1 aromatic carbocycles. The Morgan fingerprint density at radius 1 is 1.56 bits per heavy atom. The molecule has 1 aliphatic heterocycles. The fourth-order valence-corrected chi connectivity index (χ4v) is 1.98. The monoisotopic (exact) mass is 255 g/mol. The number of phenols is 1. The zero-order chi connectivity index (χ0) is 13.0. The molecule has 1 unspecified atom stereocenters. The van der Waals surface area contributed by atoms with Crippen LogP contribution in [0, 0.1) is 0 Å². The molecule has 4 nitrogen and oxygen atoms in total. The van der Waals surface area contributed by atoms with Crippen LogP contribution in [-0.4, -0.2) is 50.0 Å². The molecule has 0 aromatic heterocycles. The van der Waals surface area contributed by atoms with Gasteiger partial charge in [0.15, 0.2) is 11.5 Å². The topological polar surface area (TPSA) is 41.9 Å². The Kier molecular flexibility index (Phi) is 4.38. The summed E-state index contributed by atoms with van der Waals surface area (Å²) in [5.41, 5.74) is 0.909. The van der Waals surface area contributed by atoms with Crippen LogP contribution < -0.4 is 4.74 Å². The minimum atomic E-state index is -0.572. The number of hydrogen-bond acceptors (Lipinski definition) is 4. The van der Waals surface area contributed by atoms with Gasteiger partial charge in [-0.05, 0) is 24.7 Å². The molecule has 1 aliphatic rings. The minimum absolute atomic E-state index is 0.0257. The number of phenolic OH excluding ortho intramolecular Hbond substituents is 1. The van der Waals surface area contributed by atoms with Gasteiger partial charge < -0.3 is 19.5 Å². The number of benzene rings is 1. The number of hydrogen-bond donors (Lipinski definition) is 1. The highest BCUT2D eigenvalue weighted by Gasteiger charge is 2.20. The fraction of sp³-hybridized carbons (Fsp3) is 0.538. The minimum Gasteiger partial charge on any atom is -0.504 e. The number of halogens is 1. The van der Waals surface area contributed by atoms with Crippen molar-refractivity contribution in [2.24, 2.45) is 0 Å². The van der Waals surface area contributed by atoms with Crippen molar-refractivity contribution in [3.05, 3.63) is 23.8 Å². The Labute approximate surface area is 106 Å². The standard InChI is InChI=1S/C13H18FNO3/c1-15-5-7-18-13(9-15)10-2-3-12(11(16)8-10)17-6-4-14/h2-3,8,13,16H,4-7,9H2,1H3. The molecule has 0 aliphatic carbocycles. The quantitative estimate of drug-likeness (QED) is 0.890. The lowest BCUT2D eigenvalue weighted by molar-refractivity contribution is -0.0210. The number of likely N-dealkylation sites (N-methyl/N-ethyl adjacent to an activating group) is 1. The molecule has 0 radical (unpaired) electrons. The third-order valence-electron chi connectivity index (χ3n) is 2.96. The predicted molar refractivity (Wildman–Crippen MR) is 65.8 cm³/mol. The van der Waals surface area contributed by atoms with Crippen LogP contribution >= 0.6 is 0 Å². The van der Waals surface area contributed by atoms with Crippen molar-refractivity contribution in [3.63, 3.8) is 0 Å². The summed E-state index contributed by atoms with van der Waals surface area (Å²) in [5, 5.41) is 9.80. The molecule has 1 saturated heterocycles. The number of rotatable bonds is 4. The van der Waals surface area contributed by atoms with Crippen LogP contribution in [0.1, 0.15) is 11.7 Å². The molecule has 0 amide bonds. The fourth-order valence-electron chi connectivity index (χ4n) is 1.98. The first-order chi connectivity index (χ1) is 8.70. The van der Waals surface area contributed by atoms with Crippen molar-refractivity contribution in [1.29, 1.82) is 0 Å². The van der Waals surface area contributed by atoms with Crippen molar-refractivity contribution >= 4 is 0 Å². The molecule has 1 atom stereocenters. The summed E-state index contributed by atoms with van der Waals surface area (Å²) in [6, 6.07) is 5.12. The van der Waals surface area contributed by atoms with E-state index in [1.807, 2.05) is 13.1 Å². The number of ether oxygens (including phenoxy) is 2. The SMILES string of the molecule is CN1CCOC(c2ccc(OCCF)c(O)c2)C1. The Morgan fingerprint density at radius 3 is 3.06 bits per heavy atom. The predicted octanol–water partition coefficient (Wildman–Crippen LogP) is 1.74. The lowest BCUT2D eigenvalue weighted by atomic mass is 10.1. The van der Waals surface area contributed by atoms with E-state index in [9.17, 15) is 9.50 Å². The second kappa shape index (κ2) is 6.02. The second-order valence-corrected chi connectivity index (χ2v) is 4.39. The van der Waals surface area contributed by atoms with Crippen LogP contribution in [0.15, 0.2) is 18.2 Å². The van der Waals surface area contributed by atoms with E-state index in [1.54, 1.807) is 12.1 Å². The smallest absolute Gasteiger partial charge is 0.161 e. The summed E-state index contributed by atoms with van der Waals surface area (Å²) in [7, 11) is 2.04. The summed E-state index contributed by atoms with van der Waals surface area (Å²) in [6.07, 6.45) is -0.0372. The largest absolute Gasteiger partial charge is 0.504 e. The third kappa shape index (κ3) is 3.11. The third-order valence-corrected chi connectivity index (χ3v) is 2.96. The van der Waals surface area contributed by atoms with Gasteiger partial charge in [-0.2, -0.15) is 0 Å². The van der Waals surface area contributed by atoms with Gasteiger partial charge in [0.25, 0.3) is 0 Å². The summed E-state index contributed by atoms with van der Waals surface area (Å²) in [5.74, 6) is 0.332. The number of alkyl halides is 1. The van der Waals surface area contributed by atoms with E-state index in [4.69, 9.17) is 9.47 Å². The van der Waals surface area contributed by atoms with E-state index < -0.39 is 6.67 Å². The van der Waals surface area contributed by atoms with E-state index >= 15 is 0 Å². The van der Waals surface area contributed by atoms with Gasteiger partial charge in [0.05, 0.1) is 12.7 Å². The molecule has 0 spiro atoms. The summed E-state index contributed by atoms with van der Waals surface area (Å²) >= 11 is 0. The van der Waals surface area contributed by atoms with Crippen LogP contribution in [0.5, 0.6) is 11.5 Å². The molecule has 100 valence electrons. The average Bonchev–Trinajstić information content (AvgIpc) is 2.37. The number of nitrogens with zero attached hydrogens (tertiary/aromatic N) is 1. The first kappa shape index (κ1) is 13.1. The second-order valence-electron chi connectivity index (χ2n) is 4.39. The first-order valence-electron chi connectivity index (χ1n) is 6.02. The molecule has 1 N–H and O–H groups in total. The maximum Gasteiger partial charge on any atom is 0.161 e. The maximum absolute atomic E-state index is 12.0. The summed E-state index contributed by atoms with van der Waals surface area (Å²) < 4.78 is 22.7. The molecule has 5 heteroatoms. The summed E-state index contributed by atoms with van der Waals surface area (Å²) in [4.78, 5) is 2.18. The van der Waals surface area contributed by atoms with Crippen molar-refractivity contribution in [2.75, 3.05) is 40.0 Å². The van der Waals surface area contributed by atoms with Crippen LogP contribution in [-0.2, 0) is 4.74 Å². The molecule has 0 bridgehead atoms. The van der Waals surface area contributed by atoms with E-state index in [2.05, 4.69) is 4.90 Å². The van der Waals surface area contributed by atoms with Gasteiger partial charge in [-0.25, -0.2) is 4.39 Å². The van der Waals surface area contributed by atoms with Crippen LogP contribution in [0.3, 0.4) is 0 Å². The van der Waals surface area contributed by atoms with E-state index in [0.29, 0.717) is 12.4 Å². The molecule has 1 heterocycles. The Bertz CT molecular complexity index is 400. The van der Waals surface area contributed by atoms with Crippen LogP contribution in [0.25, 0.3) is 0 Å². The van der Waals surface area contributed by atoms with E-state index in [0.717, 1.165) is 18.7 Å². The van der Waals surface area contributed by atoms with Crippen molar-refractivity contribution in [3.8, 4) is 11.5 Å². The highest BCUT2D eigenvalue weighted by atomic mass is 19.1. The van der Waals surface area contributed by atoms with E-state index in [1.165, 1.54) is 0 Å². The molecule has 1 fully saturated rings. The van der Waals surface area contributed by atoms with Crippen molar-refractivity contribution in [2.45, 2.75) is 6.10 Å². The normalized spacial score (nSPS) is 20.9. The highest BCUT2D eigenvalue weighted by Crippen LogP contribution is 2.31. The average molecular weight is 255 g/mol. The van der Waals surface area contributed by atoms with Crippen molar-refractivity contribution < 1.29 is 19.0 Å². The maximum atomic E-state index is 12.0. The Hall–Kier alpha value is -1.33. The molecule has 1 aromatic rings. The van der Waals surface area contributed by atoms with Gasteiger partial charge in [0, 0.05) is 13.1 Å². The van der Waals surface area contributed by atoms with Gasteiger partial charge in [-0.15, -0.1) is 0 Å². The van der Waals surface area contributed by atoms with Crippen molar-refractivity contribution in [1.82, 2.24) is 4.90 Å². The highest BCUT2D eigenvalue weighted by molar-refractivity contribution is 5.42. The zero-order valence-corrected chi connectivity index (χ0v) is 10.4. The van der Waals surface area contributed by atoms with E-state index in [-0.39, 0.29) is 18.5 Å².